The summed E-state index contributed by atoms with van der Waals surface area (Å²) < 4.78 is 2.02. The van der Waals surface area contributed by atoms with Crippen LogP contribution < -0.4 is 5.56 Å². The number of nitrogens with one attached hydrogen (secondary N) is 1. The highest BCUT2D eigenvalue weighted by Gasteiger charge is 2.34. The zero-order valence-corrected chi connectivity index (χ0v) is 20.3. The number of H-pyrrole nitrogens is 1. The Hall–Kier alpha value is -3.32. The van der Waals surface area contributed by atoms with Crippen LogP contribution in [0.4, 0.5) is 0 Å². The van der Waals surface area contributed by atoms with E-state index in [4.69, 9.17) is 0 Å². The average molecular weight is 469 g/mol. The molecule has 180 valence electrons. The van der Waals surface area contributed by atoms with Crippen molar-refractivity contribution in [3.05, 3.63) is 87.0 Å². The molecule has 0 amide bonds. The first-order valence-electron chi connectivity index (χ1n) is 13.0. The van der Waals surface area contributed by atoms with E-state index in [1.807, 2.05) is 10.7 Å². The Morgan fingerprint density at radius 1 is 1.06 bits per heavy atom. The number of fused-ring (bicyclic) bond motifs is 2. The molecule has 0 spiro atoms. The summed E-state index contributed by atoms with van der Waals surface area (Å²) in [5.74, 6) is 0.785. The lowest BCUT2D eigenvalue weighted by Crippen LogP contribution is -2.39. The van der Waals surface area contributed by atoms with Gasteiger partial charge in [-0.1, -0.05) is 56.5 Å². The fourth-order valence-electron chi connectivity index (χ4n) is 5.90. The van der Waals surface area contributed by atoms with E-state index < -0.39 is 0 Å². The van der Waals surface area contributed by atoms with Crippen LogP contribution in [-0.4, -0.2) is 36.6 Å². The van der Waals surface area contributed by atoms with Crippen molar-refractivity contribution < 1.29 is 0 Å². The van der Waals surface area contributed by atoms with Gasteiger partial charge in [-0.15, -0.1) is 5.10 Å². The third-order valence-electron chi connectivity index (χ3n) is 7.85. The van der Waals surface area contributed by atoms with Crippen LogP contribution in [0.25, 0.3) is 10.9 Å². The van der Waals surface area contributed by atoms with Crippen molar-refractivity contribution in [1.82, 2.24) is 30.1 Å². The molecule has 2 aromatic heterocycles. The molecule has 0 radical (unpaired) electrons. The van der Waals surface area contributed by atoms with Crippen LogP contribution in [0, 0.1) is 0 Å². The molecule has 2 aliphatic rings. The number of aromatic amines is 1. The summed E-state index contributed by atoms with van der Waals surface area (Å²) in [6.45, 7) is 3.77. The first-order chi connectivity index (χ1) is 17.2. The van der Waals surface area contributed by atoms with E-state index in [0.29, 0.717) is 6.04 Å². The second kappa shape index (κ2) is 9.38. The average Bonchev–Trinajstić information content (AvgIpc) is 3.39. The van der Waals surface area contributed by atoms with Crippen molar-refractivity contribution in [2.24, 2.45) is 0 Å². The Morgan fingerprint density at radius 3 is 2.71 bits per heavy atom. The molecule has 1 aliphatic carbocycles. The minimum atomic E-state index is -0.307. The summed E-state index contributed by atoms with van der Waals surface area (Å²) in [5, 5.41) is 14.2. The van der Waals surface area contributed by atoms with Gasteiger partial charge in [-0.3, -0.25) is 9.69 Å². The molecule has 3 heterocycles. The Balaban J connectivity index is 1.49. The molecule has 1 saturated carbocycles. The van der Waals surface area contributed by atoms with Crippen molar-refractivity contribution in [3.8, 4) is 0 Å². The lowest BCUT2D eigenvalue weighted by atomic mass is 9.94. The van der Waals surface area contributed by atoms with E-state index in [9.17, 15) is 4.79 Å². The number of aromatic nitrogens is 5. The van der Waals surface area contributed by atoms with Gasteiger partial charge in [-0.25, -0.2) is 4.68 Å². The molecule has 0 saturated heterocycles. The van der Waals surface area contributed by atoms with E-state index in [-0.39, 0.29) is 11.6 Å². The van der Waals surface area contributed by atoms with Crippen LogP contribution in [0.2, 0.25) is 0 Å². The van der Waals surface area contributed by atoms with Gasteiger partial charge in [0.1, 0.15) is 6.04 Å². The Bertz CT molecular complexity index is 1400. The van der Waals surface area contributed by atoms with E-state index in [0.717, 1.165) is 61.1 Å². The molecular weight excluding hydrogens is 436 g/mol. The summed E-state index contributed by atoms with van der Waals surface area (Å²) in [4.78, 5) is 19.1. The molecule has 6 rings (SSSR count). The number of pyridine rings is 1. The number of hydrogen-bond acceptors (Lipinski definition) is 5. The van der Waals surface area contributed by atoms with Gasteiger partial charge in [0.15, 0.2) is 5.82 Å². The standard InChI is InChI=1S/C28H32N6O/c1-2-19-12-13-25-22(16-19)17-24(28(35)29-25)26(33-15-14-20-8-6-7-9-21(20)18-33)27-30-31-32-34(27)23-10-4-3-5-11-23/h6-9,12-13,16-17,23,26H,2-5,10-11,14-15,18H2,1H3,(H,29,35). The van der Waals surface area contributed by atoms with Crippen molar-refractivity contribution in [3.63, 3.8) is 0 Å². The molecule has 7 nitrogen and oxygen atoms in total. The smallest absolute Gasteiger partial charge is 0.253 e. The first-order valence-corrected chi connectivity index (χ1v) is 13.0. The minimum absolute atomic E-state index is 0.0659. The Morgan fingerprint density at radius 2 is 1.89 bits per heavy atom. The monoisotopic (exact) mass is 468 g/mol. The number of rotatable bonds is 5. The number of nitrogens with zero attached hydrogens (tertiary/aromatic N) is 5. The molecule has 1 fully saturated rings. The van der Waals surface area contributed by atoms with Crippen LogP contribution >= 0.6 is 0 Å². The maximum Gasteiger partial charge on any atom is 0.253 e. The van der Waals surface area contributed by atoms with Crippen LogP contribution in [0.3, 0.4) is 0 Å². The summed E-state index contributed by atoms with van der Waals surface area (Å²) in [5.41, 5.74) is 5.47. The van der Waals surface area contributed by atoms with Gasteiger partial charge in [-0.2, -0.15) is 0 Å². The molecule has 7 heteroatoms. The van der Waals surface area contributed by atoms with E-state index in [2.05, 4.69) is 74.8 Å². The van der Waals surface area contributed by atoms with Crippen molar-refractivity contribution in [2.75, 3.05) is 6.54 Å². The third kappa shape index (κ3) is 4.18. The number of tetrazole rings is 1. The summed E-state index contributed by atoms with van der Waals surface area (Å²) in [7, 11) is 0. The molecule has 1 unspecified atom stereocenters. The Kier molecular flexibility index (Phi) is 5.94. The SMILES string of the molecule is CCc1ccc2[nH]c(=O)c(C(c3nnnn3C3CCCCC3)N3CCc4ccccc4C3)cc2c1. The molecule has 4 aromatic rings. The summed E-state index contributed by atoms with van der Waals surface area (Å²) in [6, 6.07) is 16.9. The maximum absolute atomic E-state index is 13.5. The number of hydrogen-bond donors (Lipinski definition) is 1. The molecule has 1 N–H and O–H groups in total. The van der Waals surface area contributed by atoms with Gasteiger partial charge in [0.2, 0.25) is 0 Å². The molecule has 0 bridgehead atoms. The zero-order chi connectivity index (χ0) is 23.8. The predicted molar refractivity (Wildman–Crippen MR) is 136 cm³/mol. The van der Waals surface area contributed by atoms with Crippen molar-refractivity contribution >= 4 is 10.9 Å². The lowest BCUT2D eigenvalue weighted by Gasteiger charge is -2.35. The lowest BCUT2D eigenvalue weighted by molar-refractivity contribution is 0.187. The van der Waals surface area contributed by atoms with Gasteiger partial charge in [0.05, 0.1) is 6.04 Å². The number of aryl methyl sites for hydroxylation is 1. The van der Waals surface area contributed by atoms with Gasteiger partial charge in [-0.05, 0) is 76.4 Å². The highest BCUT2D eigenvalue weighted by atomic mass is 16.1. The maximum atomic E-state index is 13.5. The highest BCUT2D eigenvalue weighted by Crippen LogP contribution is 2.35. The topological polar surface area (TPSA) is 79.7 Å². The van der Waals surface area contributed by atoms with Crippen LogP contribution in [-0.2, 0) is 19.4 Å². The summed E-state index contributed by atoms with van der Waals surface area (Å²) in [6.07, 6.45) is 7.73. The van der Waals surface area contributed by atoms with Gasteiger partial charge in [0, 0.05) is 24.2 Å². The van der Waals surface area contributed by atoms with Crippen LogP contribution in [0.15, 0.2) is 53.3 Å². The molecule has 1 atom stereocenters. The minimum Gasteiger partial charge on any atom is -0.322 e. The van der Waals surface area contributed by atoms with Crippen molar-refractivity contribution in [2.45, 2.75) is 70.5 Å². The molecular formula is C28H32N6O. The van der Waals surface area contributed by atoms with Crippen LogP contribution in [0.1, 0.15) is 79.2 Å². The van der Waals surface area contributed by atoms with Gasteiger partial charge in [0.25, 0.3) is 5.56 Å². The first kappa shape index (κ1) is 22.2. The van der Waals surface area contributed by atoms with E-state index in [1.165, 1.54) is 36.0 Å². The third-order valence-corrected chi connectivity index (χ3v) is 7.85. The van der Waals surface area contributed by atoms with Crippen LogP contribution in [0.5, 0.6) is 0 Å². The van der Waals surface area contributed by atoms with E-state index in [1.54, 1.807) is 0 Å². The second-order valence-corrected chi connectivity index (χ2v) is 9.99. The Labute approximate surface area is 205 Å². The largest absolute Gasteiger partial charge is 0.322 e. The highest BCUT2D eigenvalue weighted by molar-refractivity contribution is 5.80. The van der Waals surface area contributed by atoms with Crippen molar-refractivity contribution in [1.29, 1.82) is 0 Å². The van der Waals surface area contributed by atoms with Gasteiger partial charge >= 0.3 is 0 Å². The predicted octanol–water partition coefficient (Wildman–Crippen LogP) is 4.73. The normalized spacial score (nSPS) is 18.0. The zero-order valence-electron chi connectivity index (χ0n) is 20.3. The van der Waals surface area contributed by atoms with Gasteiger partial charge < -0.3 is 4.98 Å². The quantitative estimate of drug-likeness (QED) is 0.458. The fraction of sp³-hybridized carbons (Fsp3) is 0.429. The molecule has 2 aromatic carbocycles. The molecule has 1 aliphatic heterocycles. The van der Waals surface area contributed by atoms with E-state index >= 15 is 0 Å². The fourth-order valence-corrected chi connectivity index (χ4v) is 5.90. The second-order valence-electron chi connectivity index (χ2n) is 9.99. The molecule has 35 heavy (non-hydrogen) atoms. The summed E-state index contributed by atoms with van der Waals surface area (Å²) >= 11 is 0. The number of benzene rings is 2.